The highest BCUT2D eigenvalue weighted by atomic mass is 32.1. The van der Waals surface area contributed by atoms with Crippen LogP contribution in [0.1, 0.15) is 42.3 Å². The van der Waals surface area contributed by atoms with Crippen molar-refractivity contribution in [3.63, 3.8) is 0 Å². The van der Waals surface area contributed by atoms with Gasteiger partial charge in [-0.15, -0.1) is 0 Å². The number of rotatable bonds is 5. The number of carbonyl (C=O) groups is 1. The zero-order valence-corrected chi connectivity index (χ0v) is 11.0. The summed E-state index contributed by atoms with van der Waals surface area (Å²) < 4.78 is 5.54. The molecule has 98 valence electrons. The van der Waals surface area contributed by atoms with Crippen LogP contribution < -0.4 is 4.74 Å². The second kappa shape index (κ2) is 5.48. The molecule has 1 saturated carbocycles. The van der Waals surface area contributed by atoms with E-state index in [1.807, 2.05) is 0 Å². The highest BCUT2D eigenvalue weighted by molar-refractivity contribution is 7.16. The topological polar surface area (TPSA) is 69.4 Å². The van der Waals surface area contributed by atoms with Crippen molar-refractivity contribution in [2.75, 3.05) is 6.61 Å². The maximum atomic E-state index is 11.2. The molecule has 0 N–H and O–H groups in total. The molecule has 1 heterocycles. The summed E-state index contributed by atoms with van der Waals surface area (Å²) in [6.45, 7) is 1.91. The number of nitro groups is 1. The van der Waals surface area contributed by atoms with Crippen LogP contribution >= 0.6 is 11.3 Å². The second-order valence-electron chi connectivity index (χ2n) is 4.56. The Bertz CT molecular complexity index is 463. The summed E-state index contributed by atoms with van der Waals surface area (Å²) in [7, 11) is 0. The largest absolute Gasteiger partial charge is 0.479 e. The molecule has 0 amide bonds. The molecule has 5 nitrogen and oxygen atoms in total. The van der Waals surface area contributed by atoms with E-state index in [1.54, 1.807) is 0 Å². The first-order chi connectivity index (χ1) is 8.58. The molecule has 1 fully saturated rings. The van der Waals surface area contributed by atoms with Gasteiger partial charge in [-0.25, -0.2) is 0 Å². The van der Waals surface area contributed by atoms with E-state index in [4.69, 9.17) is 4.74 Å². The van der Waals surface area contributed by atoms with E-state index in [1.165, 1.54) is 25.8 Å². The van der Waals surface area contributed by atoms with Crippen LogP contribution in [0.4, 0.5) is 5.69 Å². The summed E-state index contributed by atoms with van der Waals surface area (Å²) in [5.74, 6) is 0.325. The molecule has 0 saturated heterocycles. The van der Waals surface area contributed by atoms with Crippen LogP contribution in [-0.2, 0) is 0 Å². The molecule has 0 radical (unpaired) electrons. The van der Waals surface area contributed by atoms with Crippen LogP contribution in [0.5, 0.6) is 5.06 Å². The lowest BCUT2D eigenvalue weighted by Gasteiger charge is -2.08. The van der Waals surface area contributed by atoms with Gasteiger partial charge in [-0.1, -0.05) is 24.2 Å². The SMILES string of the molecule is CC(=O)c1cc([N+](=O)[O-])c(OCC2CCCC2)s1. The summed E-state index contributed by atoms with van der Waals surface area (Å²) in [5, 5.41) is 11.1. The van der Waals surface area contributed by atoms with E-state index in [0.717, 1.165) is 24.2 Å². The fourth-order valence-corrected chi connectivity index (χ4v) is 3.02. The third-order valence-electron chi connectivity index (χ3n) is 3.15. The highest BCUT2D eigenvalue weighted by Crippen LogP contribution is 2.38. The average Bonchev–Trinajstić information content (AvgIpc) is 2.95. The van der Waals surface area contributed by atoms with E-state index in [9.17, 15) is 14.9 Å². The maximum absolute atomic E-state index is 11.2. The quantitative estimate of drug-likeness (QED) is 0.466. The van der Waals surface area contributed by atoms with Gasteiger partial charge in [0.2, 0.25) is 0 Å². The highest BCUT2D eigenvalue weighted by Gasteiger charge is 2.24. The molecular formula is C12H15NO4S. The molecule has 1 aromatic heterocycles. The Morgan fingerprint density at radius 3 is 2.78 bits per heavy atom. The monoisotopic (exact) mass is 269 g/mol. The van der Waals surface area contributed by atoms with Gasteiger partial charge in [0.25, 0.3) is 5.06 Å². The summed E-state index contributed by atoms with van der Waals surface area (Å²) in [5.41, 5.74) is -0.0943. The molecule has 1 aromatic rings. The minimum atomic E-state index is -0.493. The molecule has 1 aliphatic rings. The van der Waals surface area contributed by atoms with Crippen molar-refractivity contribution in [2.24, 2.45) is 5.92 Å². The summed E-state index contributed by atoms with van der Waals surface area (Å²) in [4.78, 5) is 22.0. The smallest absolute Gasteiger partial charge is 0.323 e. The third-order valence-corrected chi connectivity index (χ3v) is 4.29. The summed E-state index contributed by atoms with van der Waals surface area (Å²) in [6, 6.07) is 1.30. The number of Topliss-reactive ketones (excluding diaryl/α,β-unsaturated/α-hetero) is 1. The van der Waals surface area contributed by atoms with E-state index in [2.05, 4.69) is 0 Å². The van der Waals surface area contributed by atoms with Crippen LogP contribution in [0.15, 0.2) is 6.07 Å². The zero-order valence-electron chi connectivity index (χ0n) is 10.2. The van der Waals surface area contributed by atoms with E-state index < -0.39 is 4.92 Å². The van der Waals surface area contributed by atoms with Gasteiger partial charge in [-0.3, -0.25) is 14.9 Å². The van der Waals surface area contributed by atoms with Crippen molar-refractivity contribution in [1.82, 2.24) is 0 Å². The molecule has 0 aliphatic heterocycles. The Balaban J connectivity index is 2.09. The van der Waals surface area contributed by atoms with Crippen LogP contribution in [0.3, 0.4) is 0 Å². The predicted molar refractivity (Wildman–Crippen MR) is 68.4 cm³/mol. The molecule has 0 bridgehead atoms. The van der Waals surface area contributed by atoms with Gasteiger partial charge in [-0.2, -0.15) is 0 Å². The van der Waals surface area contributed by atoms with Gasteiger partial charge < -0.3 is 4.74 Å². The Labute approximate surface area is 109 Å². The molecule has 2 rings (SSSR count). The molecule has 18 heavy (non-hydrogen) atoms. The first kappa shape index (κ1) is 13.0. The van der Waals surface area contributed by atoms with Crippen LogP contribution in [0.25, 0.3) is 0 Å². The van der Waals surface area contributed by atoms with Crippen molar-refractivity contribution < 1.29 is 14.5 Å². The molecule has 0 unspecified atom stereocenters. The average molecular weight is 269 g/mol. The fourth-order valence-electron chi connectivity index (χ4n) is 2.14. The van der Waals surface area contributed by atoms with E-state index in [0.29, 0.717) is 17.4 Å². The lowest BCUT2D eigenvalue weighted by molar-refractivity contribution is -0.385. The van der Waals surface area contributed by atoms with Crippen LogP contribution in [-0.4, -0.2) is 17.3 Å². The first-order valence-electron chi connectivity index (χ1n) is 6.00. The van der Waals surface area contributed by atoms with Gasteiger partial charge in [0.1, 0.15) is 0 Å². The number of ether oxygens (including phenoxy) is 1. The molecule has 6 heteroatoms. The fraction of sp³-hybridized carbons (Fsp3) is 0.583. The molecule has 0 atom stereocenters. The molecule has 0 aromatic carbocycles. The third kappa shape index (κ3) is 2.87. The van der Waals surface area contributed by atoms with Crippen LogP contribution in [0.2, 0.25) is 0 Å². The maximum Gasteiger partial charge on any atom is 0.323 e. The minimum Gasteiger partial charge on any atom is -0.479 e. The number of ketones is 1. The van der Waals surface area contributed by atoms with Gasteiger partial charge in [-0.05, 0) is 25.7 Å². The van der Waals surface area contributed by atoms with Gasteiger partial charge in [0.05, 0.1) is 16.4 Å². The number of thiophene rings is 1. The van der Waals surface area contributed by atoms with Crippen molar-refractivity contribution in [1.29, 1.82) is 0 Å². The first-order valence-corrected chi connectivity index (χ1v) is 6.81. The van der Waals surface area contributed by atoms with Gasteiger partial charge in [0.15, 0.2) is 5.78 Å². The normalized spacial score (nSPS) is 15.8. The second-order valence-corrected chi connectivity index (χ2v) is 5.57. The van der Waals surface area contributed by atoms with Crippen LogP contribution in [0, 0.1) is 16.0 Å². The standard InChI is InChI=1S/C12H15NO4S/c1-8(14)11-6-10(13(15)16)12(18-11)17-7-9-4-2-3-5-9/h6,9H,2-5,7H2,1H3. The molecule has 0 spiro atoms. The summed E-state index contributed by atoms with van der Waals surface area (Å²) in [6.07, 6.45) is 4.66. The van der Waals surface area contributed by atoms with Crippen molar-refractivity contribution >= 4 is 22.8 Å². The summed E-state index contributed by atoms with van der Waals surface area (Å²) >= 11 is 1.07. The number of nitrogens with zero attached hydrogens (tertiary/aromatic N) is 1. The minimum absolute atomic E-state index is 0.0943. The predicted octanol–water partition coefficient (Wildman–Crippen LogP) is 3.43. The van der Waals surface area contributed by atoms with Crippen molar-refractivity contribution in [3.8, 4) is 5.06 Å². The van der Waals surface area contributed by atoms with Crippen molar-refractivity contribution in [2.45, 2.75) is 32.6 Å². The Kier molecular flexibility index (Phi) is 3.96. The molecular weight excluding hydrogens is 254 g/mol. The van der Waals surface area contributed by atoms with E-state index >= 15 is 0 Å². The lowest BCUT2D eigenvalue weighted by atomic mass is 10.1. The number of carbonyl (C=O) groups excluding carboxylic acids is 1. The van der Waals surface area contributed by atoms with Crippen molar-refractivity contribution in [3.05, 3.63) is 21.1 Å². The lowest BCUT2D eigenvalue weighted by Crippen LogP contribution is -2.07. The van der Waals surface area contributed by atoms with Gasteiger partial charge >= 0.3 is 5.69 Å². The molecule has 1 aliphatic carbocycles. The number of hydrogen-bond acceptors (Lipinski definition) is 5. The van der Waals surface area contributed by atoms with Gasteiger partial charge in [0, 0.05) is 6.07 Å². The Hall–Kier alpha value is -1.43. The van der Waals surface area contributed by atoms with E-state index in [-0.39, 0.29) is 16.5 Å². The Morgan fingerprint density at radius 1 is 1.56 bits per heavy atom. The Morgan fingerprint density at radius 2 is 2.22 bits per heavy atom. The number of hydrogen-bond donors (Lipinski definition) is 0. The zero-order chi connectivity index (χ0) is 13.1.